The third-order valence-electron chi connectivity index (χ3n) is 4.53. The van der Waals surface area contributed by atoms with Crippen LogP contribution in [0.2, 0.25) is 0 Å². The Morgan fingerprint density at radius 3 is 1.80 bits per heavy atom. The summed E-state index contributed by atoms with van der Waals surface area (Å²) >= 11 is 0. The Labute approximate surface area is 170 Å². The van der Waals surface area contributed by atoms with E-state index in [0.29, 0.717) is 16.5 Å². The van der Waals surface area contributed by atoms with Crippen LogP contribution in [0, 0.1) is 0 Å². The summed E-state index contributed by atoms with van der Waals surface area (Å²) < 4.78 is 1.26. The fourth-order valence-corrected chi connectivity index (χ4v) is 3.06. The van der Waals surface area contributed by atoms with Gasteiger partial charge in [0.1, 0.15) is 5.75 Å². The molecule has 8 nitrogen and oxygen atoms in total. The maximum atomic E-state index is 12.2. The van der Waals surface area contributed by atoms with Crippen LogP contribution in [-0.4, -0.2) is 31.7 Å². The number of hydrogen-bond donors (Lipinski definition) is 3. The maximum Gasteiger partial charge on any atom is 0.295 e. The minimum atomic E-state index is -0.759. The number of benzene rings is 3. The highest BCUT2D eigenvalue weighted by Gasteiger charge is 2.17. The lowest BCUT2D eigenvalue weighted by Crippen LogP contribution is -1.99. The molecule has 0 aliphatic rings. The third kappa shape index (κ3) is 3.37. The molecule has 3 aromatic carbocycles. The van der Waals surface area contributed by atoms with Crippen LogP contribution in [0.5, 0.6) is 17.5 Å². The highest BCUT2D eigenvalue weighted by Crippen LogP contribution is 2.38. The number of phenolic OH excluding ortho intramolecular Hbond substituents is 1. The van der Waals surface area contributed by atoms with Crippen molar-refractivity contribution in [3.05, 3.63) is 83.9 Å². The van der Waals surface area contributed by atoms with Crippen molar-refractivity contribution >= 4 is 22.6 Å². The molecule has 0 unspecified atom stereocenters. The second kappa shape index (κ2) is 7.51. The van der Waals surface area contributed by atoms with Crippen molar-refractivity contribution in [3.8, 4) is 23.2 Å². The van der Waals surface area contributed by atoms with E-state index in [1.54, 1.807) is 24.3 Å². The number of hydrogen-bond acceptors (Lipinski definition) is 5. The number of aromatic hydroxyl groups is 3. The second-order valence-electron chi connectivity index (χ2n) is 6.44. The summed E-state index contributed by atoms with van der Waals surface area (Å²) in [6.45, 7) is 0. The number of rotatable bonds is 3. The van der Waals surface area contributed by atoms with Crippen molar-refractivity contribution in [2.45, 2.75) is 0 Å². The zero-order valence-corrected chi connectivity index (χ0v) is 15.4. The molecule has 0 saturated carbocycles. The molecular formula is C22H15N3O5. The summed E-state index contributed by atoms with van der Waals surface area (Å²) in [5.74, 6) is -1.84. The van der Waals surface area contributed by atoms with Crippen molar-refractivity contribution in [2.75, 3.05) is 0 Å². The molecule has 148 valence electrons. The normalized spacial score (nSPS) is 11.2. The Kier molecular flexibility index (Phi) is 4.73. The second-order valence-corrected chi connectivity index (χ2v) is 6.44. The lowest BCUT2D eigenvalue weighted by Gasteiger charge is -2.07. The molecule has 0 spiro atoms. The maximum absolute atomic E-state index is 12.2. The number of carbonyl (C=O) groups is 2. The van der Waals surface area contributed by atoms with Crippen molar-refractivity contribution in [2.24, 2.45) is 10.2 Å². The SMILES string of the molecule is O=C(N=NC(=O)c1cccc(O)c1)c1ccc(-n2c(O)c3ccccc3c2O)cc1. The highest BCUT2D eigenvalue weighted by molar-refractivity contribution is 5.99. The molecule has 1 heterocycles. The van der Waals surface area contributed by atoms with Gasteiger partial charge in [-0.2, -0.15) is 0 Å². The van der Waals surface area contributed by atoms with Crippen LogP contribution in [-0.2, 0) is 0 Å². The van der Waals surface area contributed by atoms with Crippen LogP contribution in [0.3, 0.4) is 0 Å². The van der Waals surface area contributed by atoms with Crippen LogP contribution in [0.1, 0.15) is 20.7 Å². The van der Waals surface area contributed by atoms with Gasteiger partial charge in [-0.05, 0) is 54.6 Å². The van der Waals surface area contributed by atoms with E-state index in [4.69, 9.17) is 0 Å². The van der Waals surface area contributed by atoms with Crippen molar-refractivity contribution in [3.63, 3.8) is 0 Å². The predicted molar refractivity (Wildman–Crippen MR) is 108 cm³/mol. The molecule has 0 radical (unpaired) electrons. The molecule has 0 atom stereocenters. The van der Waals surface area contributed by atoms with E-state index >= 15 is 0 Å². The summed E-state index contributed by atoms with van der Waals surface area (Å²) in [6, 6.07) is 18.4. The average Bonchev–Trinajstić information content (AvgIpc) is 3.02. The molecule has 30 heavy (non-hydrogen) atoms. The first kappa shape index (κ1) is 18.9. The van der Waals surface area contributed by atoms with Gasteiger partial charge in [-0.3, -0.25) is 14.2 Å². The lowest BCUT2D eigenvalue weighted by atomic mass is 10.2. The highest BCUT2D eigenvalue weighted by atomic mass is 16.3. The van der Waals surface area contributed by atoms with Gasteiger partial charge >= 0.3 is 0 Å². The Morgan fingerprint density at radius 1 is 0.667 bits per heavy atom. The summed E-state index contributed by atoms with van der Waals surface area (Å²) in [7, 11) is 0. The van der Waals surface area contributed by atoms with E-state index in [2.05, 4.69) is 10.2 Å². The van der Waals surface area contributed by atoms with E-state index in [-0.39, 0.29) is 28.6 Å². The van der Waals surface area contributed by atoms with Gasteiger partial charge in [0.2, 0.25) is 11.8 Å². The first-order valence-electron chi connectivity index (χ1n) is 8.87. The molecule has 3 N–H and O–H groups in total. The largest absolute Gasteiger partial charge is 0.508 e. The number of aromatic nitrogens is 1. The Morgan fingerprint density at radius 2 is 1.23 bits per heavy atom. The monoisotopic (exact) mass is 401 g/mol. The van der Waals surface area contributed by atoms with Gasteiger partial charge in [0.15, 0.2) is 0 Å². The van der Waals surface area contributed by atoms with Gasteiger partial charge in [0.05, 0.1) is 5.69 Å². The fourth-order valence-electron chi connectivity index (χ4n) is 3.06. The molecule has 0 aliphatic carbocycles. The number of nitrogens with zero attached hydrogens (tertiary/aromatic N) is 3. The smallest absolute Gasteiger partial charge is 0.295 e. The van der Waals surface area contributed by atoms with Gasteiger partial charge in [0, 0.05) is 21.9 Å². The number of carbonyl (C=O) groups excluding carboxylic acids is 2. The van der Waals surface area contributed by atoms with E-state index in [0.717, 1.165) is 0 Å². The first-order chi connectivity index (χ1) is 14.5. The van der Waals surface area contributed by atoms with E-state index in [1.165, 1.54) is 53.1 Å². The third-order valence-corrected chi connectivity index (χ3v) is 4.53. The Bertz CT molecular complexity index is 1270. The average molecular weight is 401 g/mol. The molecule has 4 rings (SSSR count). The number of phenols is 1. The van der Waals surface area contributed by atoms with Crippen molar-refractivity contribution < 1.29 is 24.9 Å². The molecule has 8 heteroatoms. The quantitative estimate of drug-likeness (QED) is 0.444. The van der Waals surface area contributed by atoms with Gasteiger partial charge in [-0.15, -0.1) is 10.2 Å². The summed E-state index contributed by atoms with van der Waals surface area (Å²) in [4.78, 5) is 24.2. The summed E-state index contributed by atoms with van der Waals surface area (Å²) in [6.07, 6.45) is 0. The minimum Gasteiger partial charge on any atom is -0.508 e. The van der Waals surface area contributed by atoms with Gasteiger partial charge in [0.25, 0.3) is 11.8 Å². The predicted octanol–water partition coefficient (Wildman–Crippen LogP) is 4.18. The van der Waals surface area contributed by atoms with Crippen molar-refractivity contribution in [1.29, 1.82) is 0 Å². The lowest BCUT2D eigenvalue weighted by molar-refractivity contribution is 0.0946. The minimum absolute atomic E-state index is 0.0952. The van der Waals surface area contributed by atoms with E-state index in [1.807, 2.05) is 0 Å². The van der Waals surface area contributed by atoms with Gasteiger partial charge < -0.3 is 15.3 Å². The van der Waals surface area contributed by atoms with Crippen LogP contribution in [0.4, 0.5) is 0 Å². The summed E-state index contributed by atoms with van der Waals surface area (Å²) in [5.41, 5.74) is 0.708. The van der Waals surface area contributed by atoms with Crippen molar-refractivity contribution in [1.82, 2.24) is 4.57 Å². The molecule has 0 bridgehead atoms. The van der Waals surface area contributed by atoms with Crippen LogP contribution < -0.4 is 0 Å². The zero-order chi connectivity index (χ0) is 21.3. The molecule has 0 fully saturated rings. The summed E-state index contributed by atoms with van der Waals surface area (Å²) in [5, 5.41) is 38.0. The standard InChI is InChI=1S/C22H15N3O5/c26-16-5-3-4-14(12-16)20(28)24-23-19(27)13-8-10-15(11-9-13)25-21(29)17-6-1-2-7-18(17)22(25)30/h1-12,26,29-30H. The van der Waals surface area contributed by atoms with Gasteiger partial charge in [-0.25, -0.2) is 0 Å². The molecule has 0 saturated heterocycles. The Balaban J connectivity index is 1.57. The Hall–Kier alpha value is -4.46. The van der Waals surface area contributed by atoms with Crippen LogP contribution in [0.15, 0.2) is 83.0 Å². The van der Waals surface area contributed by atoms with Crippen LogP contribution >= 0.6 is 0 Å². The fraction of sp³-hybridized carbons (Fsp3) is 0. The molecule has 0 aliphatic heterocycles. The van der Waals surface area contributed by atoms with Gasteiger partial charge in [-0.1, -0.05) is 18.2 Å². The first-order valence-corrected chi connectivity index (χ1v) is 8.87. The molecule has 4 aromatic rings. The molecule has 2 amide bonds. The van der Waals surface area contributed by atoms with E-state index in [9.17, 15) is 24.9 Å². The zero-order valence-electron chi connectivity index (χ0n) is 15.4. The molecule has 1 aromatic heterocycles. The van der Waals surface area contributed by atoms with E-state index < -0.39 is 11.8 Å². The number of amides is 2. The number of azo groups is 1. The molecular weight excluding hydrogens is 386 g/mol. The number of fused-ring (bicyclic) bond motifs is 1. The topological polar surface area (TPSA) is 124 Å². The van der Waals surface area contributed by atoms with Crippen LogP contribution in [0.25, 0.3) is 16.5 Å².